The topological polar surface area (TPSA) is 157 Å². The number of hydrogen-bond donors (Lipinski definition) is 2. The molecule has 210 valence electrons. The molecule has 1 saturated heterocycles. The zero-order valence-corrected chi connectivity index (χ0v) is 22.7. The molecular formula is C28H24N4O8S. The standard InChI is InChI=1S/C28H24N4O8S/c1-17-5-3-6-19(11-17)29-25(33)15-31-27(35)24(41-28(31)36)13-18-9-10-22(23(12-18)39-2)40-16-26(34)30-20-7-4-8-21(14-20)32(37)38/h3-14H,15-16H2,1-2H3,(H,29,33)(H,30,34)/b24-13-. The first-order valence-electron chi connectivity index (χ1n) is 12.1. The van der Waals surface area contributed by atoms with E-state index in [2.05, 4.69) is 10.6 Å². The average Bonchev–Trinajstić information content (AvgIpc) is 3.19. The third-order valence-corrected chi connectivity index (χ3v) is 6.57. The van der Waals surface area contributed by atoms with E-state index in [1.54, 1.807) is 30.3 Å². The third kappa shape index (κ3) is 7.48. The number of methoxy groups -OCH3 is 1. The zero-order chi connectivity index (χ0) is 29.5. The molecule has 1 heterocycles. The second kappa shape index (κ2) is 12.8. The van der Waals surface area contributed by atoms with Crippen molar-refractivity contribution in [2.75, 3.05) is 30.9 Å². The second-order valence-corrected chi connectivity index (χ2v) is 9.73. The van der Waals surface area contributed by atoms with Gasteiger partial charge in [0, 0.05) is 23.5 Å². The summed E-state index contributed by atoms with van der Waals surface area (Å²) in [5.41, 5.74) is 2.12. The first kappa shape index (κ1) is 28.8. The first-order chi connectivity index (χ1) is 19.6. The van der Waals surface area contributed by atoms with Crippen LogP contribution >= 0.6 is 11.8 Å². The molecule has 0 bridgehead atoms. The summed E-state index contributed by atoms with van der Waals surface area (Å²) >= 11 is 0.714. The Bertz CT molecular complexity index is 1570. The van der Waals surface area contributed by atoms with Crippen molar-refractivity contribution in [2.45, 2.75) is 6.92 Å². The highest BCUT2D eigenvalue weighted by molar-refractivity contribution is 8.18. The number of rotatable bonds is 10. The Hall–Kier alpha value is -5.17. The summed E-state index contributed by atoms with van der Waals surface area (Å²) in [5.74, 6) is -1.15. The SMILES string of the molecule is COc1cc(/C=C2\SC(=O)N(CC(=O)Nc3cccc(C)c3)C2=O)ccc1OCC(=O)Nc1cccc([N+](=O)[O-])c1. The molecular weight excluding hydrogens is 552 g/mol. The molecule has 12 nitrogen and oxygen atoms in total. The van der Waals surface area contributed by atoms with Crippen molar-refractivity contribution in [2.24, 2.45) is 0 Å². The summed E-state index contributed by atoms with van der Waals surface area (Å²) in [5, 5.41) is 15.5. The number of anilines is 2. The number of nitro benzene ring substituents is 1. The highest BCUT2D eigenvalue weighted by Gasteiger charge is 2.36. The van der Waals surface area contributed by atoms with Crippen LogP contribution < -0.4 is 20.1 Å². The lowest BCUT2D eigenvalue weighted by Crippen LogP contribution is -2.36. The molecule has 4 amide bonds. The van der Waals surface area contributed by atoms with Gasteiger partial charge in [0.1, 0.15) is 6.54 Å². The molecule has 0 aromatic heterocycles. The Kier molecular flexibility index (Phi) is 8.99. The van der Waals surface area contributed by atoms with E-state index >= 15 is 0 Å². The Balaban J connectivity index is 1.37. The number of carbonyl (C=O) groups excluding carboxylic acids is 4. The first-order valence-corrected chi connectivity index (χ1v) is 12.9. The van der Waals surface area contributed by atoms with E-state index in [1.807, 2.05) is 13.0 Å². The normalized spacial score (nSPS) is 13.7. The lowest BCUT2D eigenvalue weighted by atomic mass is 10.2. The fourth-order valence-electron chi connectivity index (χ4n) is 3.79. The van der Waals surface area contributed by atoms with E-state index in [0.29, 0.717) is 23.0 Å². The molecule has 0 spiro atoms. The van der Waals surface area contributed by atoms with E-state index in [0.717, 1.165) is 10.5 Å². The Morgan fingerprint density at radius 1 is 0.976 bits per heavy atom. The number of nitro groups is 1. The second-order valence-electron chi connectivity index (χ2n) is 8.74. The van der Waals surface area contributed by atoms with Gasteiger partial charge in [0.25, 0.3) is 22.7 Å². The summed E-state index contributed by atoms with van der Waals surface area (Å²) < 4.78 is 10.9. The number of imide groups is 1. The molecule has 0 radical (unpaired) electrons. The van der Waals surface area contributed by atoms with Gasteiger partial charge in [-0.3, -0.25) is 34.2 Å². The summed E-state index contributed by atoms with van der Waals surface area (Å²) in [7, 11) is 1.40. The molecule has 41 heavy (non-hydrogen) atoms. The molecule has 0 aliphatic carbocycles. The predicted molar refractivity (Wildman–Crippen MR) is 153 cm³/mol. The molecule has 0 unspecified atom stereocenters. The molecule has 4 rings (SSSR count). The minimum absolute atomic E-state index is 0.130. The van der Waals surface area contributed by atoms with Gasteiger partial charge >= 0.3 is 0 Å². The van der Waals surface area contributed by atoms with Crippen LogP contribution in [-0.4, -0.2) is 53.0 Å². The lowest BCUT2D eigenvalue weighted by Gasteiger charge is -2.13. The van der Waals surface area contributed by atoms with Crippen molar-refractivity contribution in [3.8, 4) is 11.5 Å². The number of benzene rings is 3. The number of amides is 4. The molecule has 0 saturated carbocycles. The molecule has 3 aromatic carbocycles. The number of aryl methyl sites for hydroxylation is 1. The van der Waals surface area contributed by atoms with E-state index < -0.39 is 41.0 Å². The third-order valence-electron chi connectivity index (χ3n) is 5.66. The van der Waals surface area contributed by atoms with E-state index in [-0.39, 0.29) is 27.8 Å². The van der Waals surface area contributed by atoms with Gasteiger partial charge in [-0.1, -0.05) is 24.3 Å². The molecule has 1 fully saturated rings. The highest BCUT2D eigenvalue weighted by atomic mass is 32.2. The van der Waals surface area contributed by atoms with Crippen molar-refractivity contribution in [3.63, 3.8) is 0 Å². The summed E-state index contributed by atoms with van der Waals surface area (Å²) in [6.07, 6.45) is 1.49. The van der Waals surface area contributed by atoms with Crippen LogP contribution in [0.25, 0.3) is 6.08 Å². The maximum atomic E-state index is 12.9. The maximum absolute atomic E-state index is 12.9. The number of nitrogens with zero attached hydrogens (tertiary/aromatic N) is 2. The Morgan fingerprint density at radius 3 is 2.39 bits per heavy atom. The van der Waals surface area contributed by atoms with Crippen LogP contribution in [0.4, 0.5) is 21.9 Å². The van der Waals surface area contributed by atoms with Gasteiger partial charge < -0.3 is 20.1 Å². The fourth-order valence-corrected chi connectivity index (χ4v) is 4.62. The quantitative estimate of drug-likeness (QED) is 0.200. The Morgan fingerprint density at radius 2 is 1.68 bits per heavy atom. The van der Waals surface area contributed by atoms with Crippen LogP contribution in [0.5, 0.6) is 11.5 Å². The zero-order valence-electron chi connectivity index (χ0n) is 21.9. The fraction of sp³-hybridized carbons (Fsp3) is 0.143. The molecule has 1 aliphatic rings. The van der Waals surface area contributed by atoms with Crippen LogP contribution in [0.15, 0.2) is 71.6 Å². The van der Waals surface area contributed by atoms with Crippen molar-refractivity contribution in [1.82, 2.24) is 4.90 Å². The number of carbonyl (C=O) groups is 4. The van der Waals surface area contributed by atoms with Crippen LogP contribution in [0.1, 0.15) is 11.1 Å². The minimum Gasteiger partial charge on any atom is -0.493 e. The molecule has 3 aromatic rings. The van der Waals surface area contributed by atoms with Crippen LogP contribution in [0.2, 0.25) is 0 Å². The van der Waals surface area contributed by atoms with Gasteiger partial charge in [-0.05, 0) is 66.2 Å². The number of nitrogens with one attached hydrogen (secondary N) is 2. The predicted octanol–water partition coefficient (Wildman–Crippen LogP) is 4.60. The van der Waals surface area contributed by atoms with Gasteiger partial charge in [-0.2, -0.15) is 0 Å². The minimum atomic E-state index is -0.600. The van der Waals surface area contributed by atoms with Gasteiger partial charge in [-0.15, -0.1) is 0 Å². The summed E-state index contributed by atoms with van der Waals surface area (Å²) in [6, 6.07) is 17.3. The van der Waals surface area contributed by atoms with Gasteiger partial charge in [0.15, 0.2) is 18.1 Å². The van der Waals surface area contributed by atoms with Crippen LogP contribution in [0, 0.1) is 17.0 Å². The van der Waals surface area contributed by atoms with Gasteiger partial charge in [-0.25, -0.2) is 0 Å². The summed E-state index contributed by atoms with van der Waals surface area (Å²) in [6.45, 7) is 1.05. The van der Waals surface area contributed by atoms with Crippen molar-refractivity contribution in [1.29, 1.82) is 0 Å². The van der Waals surface area contributed by atoms with Crippen LogP contribution in [0.3, 0.4) is 0 Å². The molecule has 13 heteroatoms. The summed E-state index contributed by atoms with van der Waals surface area (Å²) in [4.78, 5) is 61.4. The number of non-ortho nitro benzene ring substituents is 1. The van der Waals surface area contributed by atoms with Crippen molar-refractivity contribution < 1.29 is 33.6 Å². The van der Waals surface area contributed by atoms with Crippen LogP contribution in [-0.2, 0) is 14.4 Å². The Labute approximate surface area is 238 Å². The maximum Gasteiger partial charge on any atom is 0.294 e. The lowest BCUT2D eigenvalue weighted by molar-refractivity contribution is -0.384. The number of thioether (sulfide) groups is 1. The van der Waals surface area contributed by atoms with Crippen molar-refractivity contribution >= 4 is 57.9 Å². The molecule has 0 atom stereocenters. The molecule has 1 aliphatic heterocycles. The molecule has 2 N–H and O–H groups in total. The monoisotopic (exact) mass is 576 g/mol. The van der Waals surface area contributed by atoms with E-state index in [9.17, 15) is 29.3 Å². The number of ether oxygens (including phenoxy) is 2. The number of hydrogen-bond acceptors (Lipinski definition) is 9. The smallest absolute Gasteiger partial charge is 0.294 e. The van der Waals surface area contributed by atoms with E-state index in [1.165, 1.54) is 43.5 Å². The largest absolute Gasteiger partial charge is 0.493 e. The highest BCUT2D eigenvalue weighted by Crippen LogP contribution is 2.34. The average molecular weight is 577 g/mol. The van der Waals surface area contributed by atoms with Gasteiger partial charge in [0.2, 0.25) is 5.91 Å². The van der Waals surface area contributed by atoms with Gasteiger partial charge in [0.05, 0.1) is 16.9 Å². The van der Waals surface area contributed by atoms with Crippen molar-refractivity contribution in [3.05, 3.63) is 92.9 Å². The van der Waals surface area contributed by atoms with E-state index in [4.69, 9.17) is 9.47 Å².